The van der Waals surface area contributed by atoms with Crippen molar-refractivity contribution in [1.82, 2.24) is 14.9 Å². The number of aromatic nitrogens is 2. The molecule has 1 aromatic rings. The summed E-state index contributed by atoms with van der Waals surface area (Å²) in [7, 11) is 1.98. The van der Waals surface area contributed by atoms with Gasteiger partial charge in [0.05, 0.1) is 18.2 Å². The first-order valence-electron chi connectivity index (χ1n) is 8.32. The Morgan fingerprint density at radius 3 is 3.14 bits per heavy atom. The molecule has 5 nitrogen and oxygen atoms in total. The molecule has 0 saturated carbocycles. The van der Waals surface area contributed by atoms with Crippen molar-refractivity contribution in [2.24, 2.45) is 7.05 Å². The number of aryl methyl sites for hydroxylation is 1. The summed E-state index contributed by atoms with van der Waals surface area (Å²) in [5.74, 6) is 0.123. The minimum atomic E-state index is 0.0228. The molecular formula is C17H25N3O2. The Kier molecular flexibility index (Phi) is 4.93. The monoisotopic (exact) mass is 303 g/mol. The molecule has 1 aliphatic carbocycles. The molecule has 2 heterocycles. The second kappa shape index (κ2) is 7.09. The summed E-state index contributed by atoms with van der Waals surface area (Å²) in [5, 5.41) is 3.21. The van der Waals surface area contributed by atoms with E-state index in [9.17, 15) is 4.79 Å². The van der Waals surface area contributed by atoms with E-state index in [0.29, 0.717) is 6.61 Å². The van der Waals surface area contributed by atoms with E-state index in [1.165, 1.54) is 12.8 Å². The van der Waals surface area contributed by atoms with Crippen LogP contribution in [0.4, 0.5) is 0 Å². The molecule has 0 unspecified atom stereocenters. The molecule has 1 fully saturated rings. The number of hydrogen-bond donors (Lipinski definition) is 1. The lowest BCUT2D eigenvalue weighted by Gasteiger charge is -2.30. The lowest BCUT2D eigenvalue weighted by atomic mass is 10.00. The van der Waals surface area contributed by atoms with E-state index < -0.39 is 0 Å². The minimum Gasteiger partial charge on any atom is -0.372 e. The van der Waals surface area contributed by atoms with E-state index in [2.05, 4.69) is 16.4 Å². The van der Waals surface area contributed by atoms with Crippen LogP contribution in [0.3, 0.4) is 0 Å². The highest BCUT2D eigenvalue weighted by molar-refractivity contribution is 5.93. The van der Waals surface area contributed by atoms with Crippen LogP contribution in [-0.4, -0.2) is 28.1 Å². The smallest absolute Gasteiger partial charge is 0.247 e. The summed E-state index contributed by atoms with van der Waals surface area (Å²) in [5.41, 5.74) is 2.05. The topological polar surface area (TPSA) is 56.2 Å². The second-order valence-corrected chi connectivity index (χ2v) is 6.31. The lowest BCUT2D eigenvalue weighted by molar-refractivity contribution is -0.119. The molecule has 2 aliphatic rings. The molecule has 1 saturated heterocycles. The fraction of sp³-hybridized carbons (Fsp3) is 0.647. The molecule has 2 atom stereocenters. The minimum absolute atomic E-state index is 0.0228. The molecule has 5 heteroatoms. The van der Waals surface area contributed by atoms with E-state index in [0.717, 1.165) is 43.4 Å². The zero-order valence-corrected chi connectivity index (χ0v) is 13.3. The second-order valence-electron chi connectivity index (χ2n) is 6.31. The van der Waals surface area contributed by atoms with Gasteiger partial charge in [0.1, 0.15) is 6.10 Å². The van der Waals surface area contributed by atoms with Gasteiger partial charge in [0.2, 0.25) is 5.91 Å². The van der Waals surface area contributed by atoms with Gasteiger partial charge in [-0.25, -0.2) is 4.98 Å². The fourth-order valence-electron chi connectivity index (χ4n) is 3.31. The quantitative estimate of drug-likeness (QED) is 0.934. The fourth-order valence-corrected chi connectivity index (χ4v) is 3.31. The number of nitrogens with one attached hydrogen (secondary N) is 1. The Morgan fingerprint density at radius 1 is 1.41 bits per heavy atom. The standard InChI is InChI=1S/C17H25N3O2/c1-20-12-18-11-15(20)16-10-14(8-9-22-16)19-17(21)13-6-4-2-3-5-7-13/h6,11-12,14,16H,2-5,7-10H2,1H3,(H,19,21)/t14-,16-/m0/s1. The van der Waals surface area contributed by atoms with E-state index in [-0.39, 0.29) is 18.1 Å². The van der Waals surface area contributed by atoms with Crippen molar-refractivity contribution >= 4 is 5.91 Å². The number of hydrogen-bond acceptors (Lipinski definition) is 3. The van der Waals surface area contributed by atoms with Crippen molar-refractivity contribution in [3.8, 4) is 0 Å². The third-order valence-corrected chi connectivity index (χ3v) is 4.64. The number of ether oxygens (including phenoxy) is 1. The highest BCUT2D eigenvalue weighted by Crippen LogP contribution is 2.28. The molecule has 0 bridgehead atoms. The highest BCUT2D eigenvalue weighted by Gasteiger charge is 2.27. The maximum Gasteiger partial charge on any atom is 0.247 e. The van der Waals surface area contributed by atoms with Gasteiger partial charge < -0.3 is 14.6 Å². The van der Waals surface area contributed by atoms with Crippen molar-refractivity contribution in [3.63, 3.8) is 0 Å². The van der Waals surface area contributed by atoms with Crippen molar-refractivity contribution in [2.75, 3.05) is 6.61 Å². The molecule has 1 aliphatic heterocycles. The van der Waals surface area contributed by atoms with Crippen molar-refractivity contribution < 1.29 is 9.53 Å². The van der Waals surface area contributed by atoms with E-state index in [1.807, 2.05) is 17.8 Å². The number of nitrogens with zero attached hydrogens (tertiary/aromatic N) is 2. The van der Waals surface area contributed by atoms with Gasteiger partial charge in [-0.2, -0.15) is 0 Å². The van der Waals surface area contributed by atoms with E-state index >= 15 is 0 Å². The van der Waals surface area contributed by atoms with Crippen LogP contribution >= 0.6 is 0 Å². The summed E-state index contributed by atoms with van der Waals surface area (Å²) in [6.07, 6.45) is 13.0. The van der Waals surface area contributed by atoms with Gasteiger partial charge in [0, 0.05) is 25.3 Å². The van der Waals surface area contributed by atoms with Gasteiger partial charge in [-0.3, -0.25) is 4.79 Å². The first-order chi connectivity index (χ1) is 10.7. The zero-order valence-electron chi connectivity index (χ0n) is 13.3. The summed E-state index contributed by atoms with van der Waals surface area (Å²) < 4.78 is 7.84. The Bertz CT molecular complexity index is 550. The number of amides is 1. The van der Waals surface area contributed by atoms with Gasteiger partial charge in [0.25, 0.3) is 0 Å². The van der Waals surface area contributed by atoms with Crippen LogP contribution in [0.15, 0.2) is 24.2 Å². The van der Waals surface area contributed by atoms with Crippen LogP contribution in [-0.2, 0) is 16.6 Å². The summed E-state index contributed by atoms with van der Waals surface area (Å²) >= 11 is 0. The third-order valence-electron chi connectivity index (χ3n) is 4.64. The van der Waals surface area contributed by atoms with Gasteiger partial charge in [-0.1, -0.05) is 12.5 Å². The number of imidazole rings is 1. The van der Waals surface area contributed by atoms with Gasteiger partial charge >= 0.3 is 0 Å². The normalized spacial score (nSPS) is 26.1. The van der Waals surface area contributed by atoms with Crippen LogP contribution < -0.4 is 5.32 Å². The molecule has 120 valence electrons. The molecule has 0 radical (unpaired) electrons. The van der Waals surface area contributed by atoms with Crippen molar-refractivity contribution in [2.45, 2.75) is 57.1 Å². The van der Waals surface area contributed by atoms with Crippen molar-refractivity contribution in [1.29, 1.82) is 0 Å². The molecule has 22 heavy (non-hydrogen) atoms. The maximum atomic E-state index is 12.4. The summed E-state index contributed by atoms with van der Waals surface area (Å²) in [4.78, 5) is 16.6. The zero-order chi connectivity index (χ0) is 15.4. The van der Waals surface area contributed by atoms with Gasteiger partial charge in [-0.15, -0.1) is 0 Å². The van der Waals surface area contributed by atoms with E-state index in [1.54, 1.807) is 6.33 Å². The van der Waals surface area contributed by atoms with E-state index in [4.69, 9.17) is 4.74 Å². The first kappa shape index (κ1) is 15.3. The molecule has 0 aromatic carbocycles. The molecule has 3 rings (SSSR count). The highest BCUT2D eigenvalue weighted by atomic mass is 16.5. The summed E-state index contributed by atoms with van der Waals surface area (Å²) in [6, 6.07) is 0.185. The predicted molar refractivity (Wildman–Crippen MR) is 84.2 cm³/mol. The average molecular weight is 303 g/mol. The Labute approximate surface area is 131 Å². The number of allylic oxidation sites excluding steroid dienone is 1. The molecule has 1 N–H and O–H groups in total. The average Bonchev–Trinajstić information content (AvgIpc) is 2.78. The Balaban J connectivity index is 1.59. The molecule has 1 aromatic heterocycles. The maximum absolute atomic E-state index is 12.4. The van der Waals surface area contributed by atoms with Crippen molar-refractivity contribution in [3.05, 3.63) is 29.9 Å². The van der Waals surface area contributed by atoms with Crippen LogP contribution in [0.25, 0.3) is 0 Å². The third kappa shape index (κ3) is 3.58. The Hall–Kier alpha value is -1.62. The first-order valence-corrected chi connectivity index (χ1v) is 8.32. The van der Waals surface area contributed by atoms with Crippen LogP contribution in [0.2, 0.25) is 0 Å². The SMILES string of the molecule is Cn1cncc1[C@@H]1C[C@@H](NC(=O)C2=CCCCCC2)CCO1. The number of rotatable bonds is 3. The Morgan fingerprint density at radius 2 is 2.32 bits per heavy atom. The van der Waals surface area contributed by atoms with Gasteiger partial charge in [0.15, 0.2) is 0 Å². The number of carbonyl (C=O) groups is 1. The van der Waals surface area contributed by atoms with Crippen LogP contribution in [0, 0.1) is 0 Å². The van der Waals surface area contributed by atoms with Crippen LogP contribution in [0.5, 0.6) is 0 Å². The van der Waals surface area contributed by atoms with Gasteiger partial charge in [-0.05, 0) is 38.5 Å². The largest absolute Gasteiger partial charge is 0.372 e. The molecule has 0 spiro atoms. The molecular weight excluding hydrogens is 278 g/mol. The predicted octanol–water partition coefficient (Wildman–Crippen LogP) is 2.65. The number of carbonyl (C=O) groups excluding carboxylic acids is 1. The lowest BCUT2D eigenvalue weighted by Crippen LogP contribution is -2.40. The molecule has 1 amide bonds. The van der Waals surface area contributed by atoms with Crippen LogP contribution in [0.1, 0.15) is 56.7 Å². The summed E-state index contributed by atoms with van der Waals surface area (Å²) in [6.45, 7) is 0.680.